The maximum atomic E-state index is 6.16. The van der Waals surface area contributed by atoms with E-state index in [1.54, 1.807) is 12.0 Å². The Morgan fingerprint density at radius 1 is 1.26 bits per heavy atom. The summed E-state index contributed by atoms with van der Waals surface area (Å²) in [7, 11) is 1.70. The molecule has 0 unspecified atom stereocenters. The van der Waals surface area contributed by atoms with Crippen LogP contribution in [0.2, 0.25) is 5.02 Å². The predicted octanol–water partition coefficient (Wildman–Crippen LogP) is 1.47. The van der Waals surface area contributed by atoms with Crippen LogP contribution in [0.5, 0.6) is 0 Å². The van der Waals surface area contributed by atoms with Crippen molar-refractivity contribution >= 4 is 17.3 Å². The van der Waals surface area contributed by atoms with Crippen LogP contribution in [0.4, 0.5) is 5.69 Å². The van der Waals surface area contributed by atoms with Crippen molar-refractivity contribution in [2.75, 3.05) is 44.8 Å². The molecule has 0 spiro atoms. The van der Waals surface area contributed by atoms with Crippen LogP contribution < -0.4 is 9.80 Å². The molecule has 0 saturated carbocycles. The zero-order valence-corrected chi connectivity index (χ0v) is 17.2. The molecule has 1 aliphatic rings. The Morgan fingerprint density at radius 3 is 2.70 bits per heavy atom. The van der Waals surface area contributed by atoms with E-state index < -0.39 is 0 Å². The van der Waals surface area contributed by atoms with Crippen molar-refractivity contribution < 1.29 is 9.64 Å². The number of halogens is 1. The number of hydrogen-bond donors (Lipinski definition) is 1. The number of nitrogens with zero attached hydrogens (tertiary/aromatic N) is 5. The van der Waals surface area contributed by atoms with Crippen molar-refractivity contribution in [3.05, 3.63) is 35.1 Å². The number of nitrogens with one attached hydrogen (secondary N) is 1. The number of methoxy groups -OCH3 is 1. The van der Waals surface area contributed by atoms with Crippen LogP contribution in [0.25, 0.3) is 0 Å². The molecule has 0 amide bonds. The molecule has 1 aromatic carbocycles. The van der Waals surface area contributed by atoms with E-state index in [-0.39, 0.29) is 0 Å². The Labute approximate surface area is 166 Å². The third-order valence-electron chi connectivity index (χ3n) is 5.16. The third kappa shape index (κ3) is 5.18. The Bertz CT molecular complexity index is 714. The summed E-state index contributed by atoms with van der Waals surface area (Å²) in [5.41, 5.74) is 1.20. The zero-order chi connectivity index (χ0) is 19.2. The van der Waals surface area contributed by atoms with E-state index in [4.69, 9.17) is 16.3 Å². The molecule has 27 heavy (non-hydrogen) atoms. The molecule has 3 rings (SSSR count). The van der Waals surface area contributed by atoms with Gasteiger partial charge in [0.05, 0.1) is 39.3 Å². The van der Waals surface area contributed by atoms with Gasteiger partial charge < -0.3 is 14.5 Å². The van der Waals surface area contributed by atoms with Crippen molar-refractivity contribution in [3.63, 3.8) is 0 Å². The van der Waals surface area contributed by atoms with Crippen molar-refractivity contribution in [2.24, 2.45) is 5.92 Å². The summed E-state index contributed by atoms with van der Waals surface area (Å²) in [4.78, 5) is 3.96. The Kier molecular flexibility index (Phi) is 7.04. The summed E-state index contributed by atoms with van der Waals surface area (Å²) in [6.07, 6.45) is 1.07. The topological polar surface area (TPSA) is 60.5 Å². The number of aromatic nitrogens is 4. The summed E-state index contributed by atoms with van der Waals surface area (Å²) in [5, 5.41) is 13.3. The molecule has 2 heterocycles. The van der Waals surface area contributed by atoms with E-state index in [9.17, 15) is 0 Å². The van der Waals surface area contributed by atoms with Crippen LogP contribution in [0, 0.1) is 5.92 Å². The number of tetrazole rings is 1. The SMILES string of the molecule is COCCn1nnnc1[C@@H](CC(C)C)[NH+]1CCN(c2cccc(Cl)c2)CC1. The maximum absolute atomic E-state index is 6.16. The van der Waals surface area contributed by atoms with Gasteiger partial charge in [-0.15, -0.1) is 5.10 Å². The van der Waals surface area contributed by atoms with Gasteiger partial charge in [-0.1, -0.05) is 31.5 Å². The highest BCUT2D eigenvalue weighted by atomic mass is 35.5. The van der Waals surface area contributed by atoms with E-state index in [1.165, 1.54) is 5.69 Å². The van der Waals surface area contributed by atoms with Gasteiger partial charge in [0.1, 0.15) is 6.04 Å². The maximum Gasteiger partial charge on any atom is 0.209 e. The second-order valence-corrected chi connectivity index (χ2v) is 8.00. The largest absolute Gasteiger partial charge is 0.383 e. The van der Waals surface area contributed by atoms with Gasteiger partial charge in [-0.05, 0) is 34.5 Å². The van der Waals surface area contributed by atoms with Crippen LogP contribution in [0.3, 0.4) is 0 Å². The molecule has 148 valence electrons. The van der Waals surface area contributed by atoms with E-state index >= 15 is 0 Å². The Morgan fingerprint density at radius 2 is 2.04 bits per heavy atom. The van der Waals surface area contributed by atoms with Gasteiger partial charge in [-0.2, -0.15) is 0 Å². The Hall–Kier alpha value is -1.70. The van der Waals surface area contributed by atoms with E-state index in [0.717, 1.165) is 43.4 Å². The average Bonchev–Trinajstić information content (AvgIpc) is 3.12. The summed E-state index contributed by atoms with van der Waals surface area (Å²) < 4.78 is 7.12. The normalized spacial score (nSPS) is 16.9. The van der Waals surface area contributed by atoms with E-state index in [1.807, 2.05) is 22.9 Å². The van der Waals surface area contributed by atoms with Gasteiger partial charge in [0, 0.05) is 24.2 Å². The average molecular weight is 394 g/mol. The van der Waals surface area contributed by atoms with Gasteiger partial charge in [-0.25, -0.2) is 4.68 Å². The van der Waals surface area contributed by atoms with Crippen molar-refractivity contribution in [2.45, 2.75) is 32.9 Å². The molecule has 1 aromatic heterocycles. The fourth-order valence-electron chi connectivity index (χ4n) is 3.80. The summed E-state index contributed by atoms with van der Waals surface area (Å²) in [6.45, 7) is 9.95. The lowest BCUT2D eigenvalue weighted by molar-refractivity contribution is -0.934. The lowest BCUT2D eigenvalue weighted by Crippen LogP contribution is -3.15. The van der Waals surface area contributed by atoms with Gasteiger partial charge in [0.2, 0.25) is 5.82 Å². The van der Waals surface area contributed by atoms with Crippen LogP contribution in [0.1, 0.15) is 32.1 Å². The molecular weight excluding hydrogens is 364 g/mol. The molecule has 1 atom stereocenters. The molecule has 1 fully saturated rings. The summed E-state index contributed by atoms with van der Waals surface area (Å²) in [5.74, 6) is 1.56. The second kappa shape index (κ2) is 9.48. The molecule has 0 aliphatic carbocycles. The number of rotatable bonds is 8. The third-order valence-corrected chi connectivity index (χ3v) is 5.39. The molecular formula is C19H30ClN6O+. The van der Waals surface area contributed by atoms with Gasteiger partial charge in [0.15, 0.2) is 0 Å². The molecule has 1 N–H and O–H groups in total. The monoisotopic (exact) mass is 393 g/mol. The molecule has 7 nitrogen and oxygen atoms in total. The first kappa shape index (κ1) is 20.0. The van der Waals surface area contributed by atoms with E-state index in [2.05, 4.69) is 40.3 Å². The highest BCUT2D eigenvalue weighted by Gasteiger charge is 2.33. The quantitative estimate of drug-likeness (QED) is 0.735. The highest BCUT2D eigenvalue weighted by Crippen LogP contribution is 2.21. The van der Waals surface area contributed by atoms with Crippen molar-refractivity contribution in [3.8, 4) is 0 Å². The fourth-order valence-corrected chi connectivity index (χ4v) is 3.98. The second-order valence-electron chi connectivity index (χ2n) is 7.56. The van der Waals surface area contributed by atoms with Crippen molar-refractivity contribution in [1.82, 2.24) is 20.2 Å². The van der Waals surface area contributed by atoms with Crippen LogP contribution in [0.15, 0.2) is 24.3 Å². The van der Waals surface area contributed by atoms with Gasteiger partial charge in [-0.3, -0.25) is 0 Å². The number of benzene rings is 1. The predicted molar refractivity (Wildman–Crippen MR) is 106 cm³/mol. The van der Waals surface area contributed by atoms with Crippen LogP contribution in [-0.2, 0) is 11.3 Å². The number of hydrogen-bond acceptors (Lipinski definition) is 5. The number of piperazine rings is 1. The van der Waals surface area contributed by atoms with E-state index in [0.29, 0.717) is 25.1 Å². The first-order chi connectivity index (χ1) is 13.1. The number of anilines is 1. The standard InChI is InChI=1S/C19H29ClN6O/c1-15(2)13-18(19-21-22-23-26(19)11-12-27-3)25-9-7-24(8-10-25)17-6-4-5-16(20)14-17/h4-6,14-15,18H,7-13H2,1-3H3/p+1/t18-/m1/s1. The Balaban J connectivity index is 1.71. The lowest BCUT2D eigenvalue weighted by Gasteiger charge is -2.37. The first-order valence-corrected chi connectivity index (χ1v) is 10.1. The summed E-state index contributed by atoms with van der Waals surface area (Å²) in [6, 6.07) is 8.42. The molecule has 1 aliphatic heterocycles. The molecule has 8 heteroatoms. The molecule has 0 radical (unpaired) electrons. The number of quaternary nitrogens is 1. The smallest absolute Gasteiger partial charge is 0.209 e. The summed E-state index contributed by atoms with van der Waals surface area (Å²) >= 11 is 6.16. The minimum absolute atomic E-state index is 0.304. The van der Waals surface area contributed by atoms with Gasteiger partial charge >= 0.3 is 0 Å². The zero-order valence-electron chi connectivity index (χ0n) is 16.4. The van der Waals surface area contributed by atoms with Gasteiger partial charge in [0.25, 0.3) is 0 Å². The van der Waals surface area contributed by atoms with Crippen molar-refractivity contribution in [1.29, 1.82) is 0 Å². The fraction of sp³-hybridized carbons (Fsp3) is 0.632. The number of ether oxygens (including phenoxy) is 1. The molecule has 1 saturated heterocycles. The minimum atomic E-state index is 0.304. The lowest BCUT2D eigenvalue weighted by atomic mass is 10.0. The highest BCUT2D eigenvalue weighted by molar-refractivity contribution is 6.30. The van der Waals surface area contributed by atoms with Crippen LogP contribution in [-0.4, -0.2) is 60.1 Å². The van der Waals surface area contributed by atoms with Crippen LogP contribution >= 0.6 is 11.6 Å². The minimum Gasteiger partial charge on any atom is -0.383 e. The molecule has 2 aromatic rings. The molecule has 0 bridgehead atoms. The first-order valence-electron chi connectivity index (χ1n) is 9.68.